The minimum atomic E-state index is -0.176. The zero-order valence-electron chi connectivity index (χ0n) is 16.3. The summed E-state index contributed by atoms with van der Waals surface area (Å²) in [5, 5.41) is 7.17. The molecule has 2 amide bonds. The number of ether oxygens (including phenoxy) is 1. The number of aromatic nitrogens is 4. The molecule has 4 atom stereocenters. The Balaban J connectivity index is 1.17. The van der Waals surface area contributed by atoms with Crippen molar-refractivity contribution in [2.45, 2.75) is 49.5 Å². The third-order valence-corrected chi connectivity index (χ3v) is 7.14. The number of carbonyl (C=O) groups is 2. The maximum Gasteiger partial charge on any atom is 0.270 e. The van der Waals surface area contributed by atoms with Crippen LogP contribution < -0.4 is 5.32 Å². The number of nitrogens with zero attached hydrogens (tertiary/aromatic N) is 5. The van der Waals surface area contributed by atoms with Crippen molar-refractivity contribution >= 4 is 11.8 Å². The van der Waals surface area contributed by atoms with Crippen LogP contribution in [0.15, 0.2) is 24.7 Å². The number of amides is 2. The zero-order chi connectivity index (χ0) is 19.8. The molecule has 9 nitrogen and oxygen atoms in total. The Labute approximate surface area is 168 Å². The lowest BCUT2D eigenvalue weighted by atomic mass is 9.82. The summed E-state index contributed by atoms with van der Waals surface area (Å²) >= 11 is 0. The molecule has 1 spiro atoms. The van der Waals surface area contributed by atoms with Gasteiger partial charge in [0.05, 0.1) is 29.7 Å². The summed E-state index contributed by atoms with van der Waals surface area (Å²) in [5.74, 6) is 0.950. The number of hydrogen-bond donors (Lipinski definition) is 1. The molecule has 2 aromatic heterocycles. The Morgan fingerprint density at radius 3 is 2.83 bits per heavy atom. The van der Waals surface area contributed by atoms with E-state index in [0.29, 0.717) is 18.8 Å². The molecule has 6 heterocycles. The molecule has 4 aliphatic heterocycles. The summed E-state index contributed by atoms with van der Waals surface area (Å²) in [4.78, 5) is 32.1. The first-order valence-electron chi connectivity index (χ1n) is 10.3. The van der Waals surface area contributed by atoms with Gasteiger partial charge in [0.2, 0.25) is 5.91 Å². The van der Waals surface area contributed by atoms with Gasteiger partial charge in [-0.05, 0) is 25.3 Å². The molecule has 3 fully saturated rings. The molecule has 2 bridgehead atoms. The maximum atomic E-state index is 13.0. The van der Waals surface area contributed by atoms with Crippen molar-refractivity contribution in [3.63, 3.8) is 0 Å². The number of imidazole rings is 1. The Hall–Kier alpha value is -2.68. The van der Waals surface area contributed by atoms with Crippen molar-refractivity contribution in [1.29, 1.82) is 0 Å². The summed E-state index contributed by atoms with van der Waals surface area (Å²) in [6, 6.07) is 1.53. The summed E-state index contributed by atoms with van der Waals surface area (Å²) in [6.45, 7) is 1.34. The standard InChI is InChI=1S/C20H24N6O3/c1-24-15(4-5-22-24)18(27)23-14-9-20(26-7-6-21-17(14)26)10-25(11-20)19(28)13-8-12-2-3-16(13)29-12/h4-7,12-14,16H,2-3,8-11H2,1H3,(H,23,27)/t12-,13-,14?,16+/m1/s1. The van der Waals surface area contributed by atoms with Crippen LogP contribution >= 0.6 is 0 Å². The first kappa shape index (κ1) is 17.2. The summed E-state index contributed by atoms with van der Waals surface area (Å²) in [7, 11) is 1.75. The van der Waals surface area contributed by atoms with E-state index in [0.717, 1.165) is 31.5 Å². The number of aryl methyl sites for hydroxylation is 1. The van der Waals surface area contributed by atoms with E-state index in [1.165, 1.54) is 0 Å². The summed E-state index contributed by atoms with van der Waals surface area (Å²) in [5.41, 5.74) is 0.343. The van der Waals surface area contributed by atoms with Gasteiger partial charge in [0.25, 0.3) is 5.91 Å². The average molecular weight is 396 g/mol. The van der Waals surface area contributed by atoms with Gasteiger partial charge in [-0.15, -0.1) is 0 Å². The first-order chi connectivity index (χ1) is 14.0. The van der Waals surface area contributed by atoms with E-state index in [2.05, 4.69) is 20.0 Å². The second kappa shape index (κ2) is 5.91. The Kier molecular flexibility index (Phi) is 3.51. The van der Waals surface area contributed by atoms with Gasteiger partial charge in [0.1, 0.15) is 11.5 Å². The molecular weight excluding hydrogens is 372 g/mol. The number of fused-ring (bicyclic) bond motifs is 4. The fourth-order valence-corrected chi connectivity index (χ4v) is 5.72. The molecule has 3 saturated heterocycles. The predicted molar refractivity (Wildman–Crippen MR) is 101 cm³/mol. The highest BCUT2D eigenvalue weighted by Gasteiger charge is 2.56. The van der Waals surface area contributed by atoms with Crippen molar-refractivity contribution in [2.75, 3.05) is 13.1 Å². The molecule has 6 rings (SSSR count). The molecular formula is C20H24N6O3. The lowest BCUT2D eigenvalue weighted by Crippen LogP contribution is -2.64. The minimum absolute atomic E-state index is 0.0232. The van der Waals surface area contributed by atoms with Gasteiger partial charge in [0.15, 0.2) is 0 Å². The fourth-order valence-electron chi connectivity index (χ4n) is 5.72. The molecule has 0 saturated carbocycles. The zero-order valence-corrected chi connectivity index (χ0v) is 16.3. The van der Waals surface area contributed by atoms with Crippen molar-refractivity contribution < 1.29 is 14.3 Å². The quantitative estimate of drug-likeness (QED) is 0.820. The SMILES string of the molecule is Cn1nccc1C(=O)NC1CC2(CN(C(=O)[C@@H]3C[C@H]4CC[C@@H]3O4)C2)n2ccnc21. The number of hydrogen-bond acceptors (Lipinski definition) is 5. The Morgan fingerprint density at radius 1 is 1.28 bits per heavy atom. The number of rotatable bonds is 3. The van der Waals surface area contributed by atoms with Crippen LogP contribution in [0.25, 0.3) is 0 Å². The van der Waals surface area contributed by atoms with E-state index >= 15 is 0 Å². The van der Waals surface area contributed by atoms with Crippen LogP contribution in [-0.2, 0) is 22.1 Å². The van der Waals surface area contributed by atoms with E-state index in [1.807, 2.05) is 11.1 Å². The third-order valence-electron chi connectivity index (χ3n) is 7.14. The van der Waals surface area contributed by atoms with Crippen LogP contribution in [0.1, 0.15) is 48.0 Å². The second-order valence-corrected chi connectivity index (χ2v) is 8.86. The van der Waals surface area contributed by atoms with E-state index in [1.54, 1.807) is 30.2 Å². The molecule has 0 aromatic carbocycles. The topological polar surface area (TPSA) is 94.3 Å². The summed E-state index contributed by atoms with van der Waals surface area (Å²) < 4.78 is 9.59. The van der Waals surface area contributed by atoms with Gasteiger partial charge in [-0.2, -0.15) is 5.10 Å². The van der Waals surface area contributed by atoms with Gasteiger partial charge in [-0.3, -0.25) is 14.3 Å². The number of carbonyl (C=O) groups excluding carboxylic acids is 2. The van der Waals surface area contributed by atoms with Crippen LogP contribution in [0.5, 0.6) is 0 Å². The number of likely N-dealkylation sites (tertiary alicyclic amines) is 1. The van der Waals surface area contributed by atoms with E-state index in [4.69, 9.17) is 4.74 Å². The molecule has 29 heavy (non-hydrogen) atoms. The smallest absolute Gasteiger partial charge is 0.270 e. The van der Waals surface area contributed by atoms with E-state index in [-0.39, 0.29) is 41.5 Å². The van der Waals surface area contributed by atoms with Crippen molar-refractivity contribution in [3.8, 4) is 0 Å². The molecule has 4 aliphatic rings. The lowest BCUT2D eigenvalue weighted by molar-refractivity contribution is -0.148. The van der Waals surface area contributed by atoms with Gasteiger partial charge >= 0.3 is 0 Å². The van der Waals surface area contributed by atoms with Gasteiger partial charge < -0.3 is 19.5 Å². The van der Waals surface area contributed by atoms with E-state index in [9.17, 15) is 9.59 Å². The molecule has 0 radical (unpaired) electrons. The summed E-state index contributed by atoms with van der Waals surface area (Å²) in [6.07, 6.45) is 9.46. The van der Waals surface area contributed by atoms with Gasteiger partial charge in [-0.25, -0.2) is 4.98 Å². The lowest BCUT2D eigenvalue weighted by Gasteiger charge is -2.50. The average Bonchev–Trinajstić information content (AvgIpc) is 3.47. The van der Waals surface area contributed by atoms with Gasteiger partial charge in [0, 0.05) is 45.1 Å². The minimum Gasteiger partial charge on any atom is -0.374 e. The van der Waals surface area contributed by atoms with Crippen molar-refractivity contribution in [2.24, 2.45) is 13.0 Å². The largest absolute Gasteiger partial charge is 0.374 e. The van der Waals surface area contributed by atoms with Crippen LogP contribution in [0.4, 0.5) is 0 Å². The molecule has 152 valence electrons. The monoisotopic (exact) mass is 396 g/mol. The van der Waals surface area contributed by atoms with Crippen LogP contribution in [0, 0.1) is 5.92 Å². The van der Waals surface area contributed by atoms with E-state index < -0.39 is 0 Å². The van der Waals surface area contributed by atoms with Crippen LogP contribution in [0.2, 0.25) is 0 Å². The van der Waals surface area contributed by atoms with Crippen molar-refractivity contribution in [3.05, 3.63) is 36.2 Å². The molecule has 1 N–H and O–H groups in total. The van der Waals surface area contributed by atoms with Crippen molar-refractivity contribution in [1.82, 2.24) is 29.5 Å². The molecule has 1 unspecified atom stereocenters. The predicted octanol–water partition coefficient (Wildman–Crippen LogP) is 0.596. The van der Waals surface area contributed by atoms with Crippen LogP contribution in [-0.4, -0.2) is 61.3 Å². The first-order valence-corrected chi connectivity index (χ1v) is 10.3. The van der Waals surface area contributed by atoms with Crippen LogP contribution in [0.3, 0.4) is 0 Å². The Morgan fingerprint density at radius 2 is 2.14 bits per heavy atom. The fraction of sp³-hybridized carbons (Fsp3) is 0.600. The Bertz CT molecular complexity index is 990. The maximum absolute atomic E-state index is 13.0. The second-order valence-electron chi connectivity index (χ2n) is 8.86. The highest BCUT2D eigenvalue weighted by molar-refractivity contribution is 5.92. The highest BCUT2D eigenvalue weighted by atomic mass is 16.5. The third kappa shape index (κ3) is 2.43. The normalized spacial score (nSPS) is 31.1. The molecule has 0 aliphatic carbocycles. The highest BCUT2D eigenvalue weighted by Crippen LogP contribution is 2.47. The number of nitrogens with one attached hydrogen (secondary N) is 1. The van der Waals surface area contributed by atoms with Gasteiger partial charge in [-0.1, -0.05) is 0 Å². The molecule has 9 heteroatoms. The molecule has 2 aromatic rings.